The summed E-state index contributed by atoms with van der Waals surface area (Å²) in [5, 5.41) is 0. The van der Waals surface area contributed by atoms with E-state index in [-0.39, 0.29) is 22.2 Å². The molecule has 1 aromatic rings. The quantitative estimate of drug-likeness (QED) is 0.808. The first kappa shape index (κ1) is 12.3. The molecule has 6 heteroatoms. The van der Waals surface area contributed by atoms with Crippen LogP contribution < -0.4 is 10.5 Å². The van der Waals surface area contributed by atoms with Gasteiger partial charge in [0.05, 0.1) is 4.90 Å². The second-order valence-electron chi connectivity index (χ2n) is 4.37. The molecule has 0 saturated heterocycles. The Hall–Kier alpha value is -1.14. The SMILES string of the molecule is Cc1c(N)cc(S(=O)(=O)NC2CCC2)cc1F. The molecule has 1 aliphatic rings. The Morgan fingerprint density at radius 1 is 1.41 bits per heavy atom. The van der Waals surface area contributed by atoms with Gasteiger partial charge in [-0.3, -0.25) is 0 Å². The molecule has 0 spiro atoms. The Labute approximate surface area is 100 Å². The summed E-state index contributed by atoms with van der Waals surface area (Å²) in [4.78, 5) is -0.106. The maximum absolute atomic E-state index is 13.4. The number of nitrogen functional groups attached to an aromatic ring is 1. The predicted octanol–water partition coefficient (Wildman–Crippen LogP) is 1.55. The first-order chi connectivity index (χ1) is 7.90. The van der Waals surface area contributed by atoms with Crippen LogP contribution in [0.1, 0.15) is 24.8 Å². The van der Waals surface area contributed by atoms with Crippen LogP contribution in [0.4, 0.5) is 10.1 Å². The van der Waals surface area contributed by atoms with Crippen LogP contribution in [0, 0.1) is 12.7 Å². The molecule has 0 aliphatic heterocycles. The summed E-state index contributed by atoms with van der Waals surface area (Å²) in [5.74, 6) is -0.598. The van der Waals surface area contributed by atoms with Crippen LogP contribution in [0.5, 0.6) is 0 Å². The number of nitrogens with two attached hydrogens (primary N) is 1. The van der Waals surface area contributed by atoms with Crippen molar-refractivity contribution in [3.8, 4) is 0 Å². The van der Waals surface area contributed by atoms with Crippen LogP contribution >= 0.6 is 0 Å². The van der Waals surface area contributed by atoms with Crippen molar-refractivity contribution in [2.45, 2.75) is 37.1 Å². The molecule has 94 valence electrons. The zero-order chi connectivity index (χ0) is 12.6. The molecule has 0 aromatic heterocycles. The number of hydrogen-bond donors (Lipinski definition) is 2. The molecule has 17 heavy (non-hydrogen) atoms. The molecule has 1 fully saturated rings. The molecule has 0 atom stereocenters. The van der Waals surface area contributed by atoms with Crippen molar-refractivity contribution in [2.75, 3.05) is 5.73 Å². The number of anilines is 1. The molecule has 0 bridgehead atoms. The Morgan fingerprint density at radius 2 is 2.06 bits per heavy atom. The smallest absolute Gasteiger partial charge is 0.240 e. The molecule has 2 rings (SSSR count). The fourth-order valence-electron chi connectivity index (χ4n) is 1.64. The van der Waals surface area contributed by atoms with E-state index in [1.54, 1.807) is 0 Å². The van der Waals surface area contributed by atoms with E-state index in [1.165, 1.54) is 13.0 Å². The highest BCUT2D eigenvalue weighted by atomic mass is 32.2. The Bertz CT molecular complexity index is 515. The van der Waals surface area contributed by atoms with Gasteiger partial charge in [0.2, 0.25) is 10.0 Å². The summed E-state index contributed by atoms with van der Waals surface area (Å²) < 4.78 is 39.8. The summed E-state index contributed by atoms with van der Waals surface area (Å²) in [6.07, 6.45) is 2.70. The number of sulfonamides is 1. The van der Waals surface area contributed by atoms with Crippen LogP contribution in [0.25, 0.3) is 0 Å². The summed E-state index contributed by atoms with van der Waals surface area (Å²) in [6.45, 7) is 1.51. The minimum atomic E-state index is -3.65. The van der Waals surface area contributed by atoms with Crippen LogP contribution in [0.2, 0.25) is 0 Å². The molecule has 0 heterocycles. The Kier molecular flexibility index (Phi) is 3.09. The lowest BCUT2D eigenvalue weighted by atomic mass is 9.94. The Morgan fingerprint density at radius 3 is 2.53 bits per heavy atom. The maximum Gasteiger partial charge on any atom is 0.240 e. The first-order valence-electron chi connectivity index (χ1n) is 5.48. The maximum atomic E-state index is 13.4. The third-order valence-electron chi connectivity index (χ3n) is 3.10. The zero-order valence-electron chi connectivity index (χ0n) is 9.53. The number of benzene rings is 1. The third-order valence-corrected chi connectivity index (χ3v) is 4.60. The lowest BCUT2D eigenvalue weighted by molar-refractivity contribution is 0.383. The van der Waals surface area contributed by atoms with E-state index >= 15 is 0 Å². The van der Waals surface area contributed by atoms with Crippen molar-refractivity contribution in [3.05, 3.63) is 23.5 Å². The van der Waals surface area contributed by atoms with E-state index in [9.17, 15) is 12.8 Å². The minimum Gasteiger partial charge on any atom is -0.398 e. The normalized spacial score (nSPS) is 16.8. The van der Waals surface area contributed by atoms with Gasteiger partial charge in [-0.1, -0.05) is 6.42 Å². The van der Waals surface area contributed by atoms with Crippen LogP contribution in [0.3, 0.4) is 0 Å². The second kappa shape index (κ2) is 4.27. The van der Waals surface area contributed by atoms with Crippen molar-refractivity contribution >= 4 is 15.7 Å². The predicted molar refractivity (Wildman–Crippen MR) is 63.5 cm³/mol. The molecule has 1 saturated carbocycles. The minimum absolute atomic E-state index is 0.0226. The lowest BCUT2D eigenvalue weighted by Crippen LogP contribution is -2.39. The van der Waals surface area contributed by atoms with Gasteiger partial charge in [-0.2, -0.15) is 0 Å². The second-order valence-corrected chi connectivity index (χ2v) is 6.08. The van der Waals surface area contributed by atoms with Gasteiger partial charge in [-0.25, -0.2) is 17.5 Å². The van der Waals surface area contributed by atoms with E-state index in [0.717, 1.165) is 25.3 Å². The van der Waals surface area contributed by atoms with E-state index in [4.69, 9.17) is 5.73 Å². The standard InChI is InChI=1S/C11H15FN2O2S/c1-7-10(12)5-9(6-11(7)13)17(15,16)14-8-3-2-4-8/h5-6,8,14H,2-4,13H2,1H3. The van der Waals surface area contributed by atoms with Gasteiger partial charge in [0.15, 0.2) is 0 Å². The molecule has 0 amide bonds. The fraction of sp³-hybridized carbons (Fsp3) is 0.455. The van der Waals surface area contributed by atoms with E-state index in [1.807, 2.05) is 0 Å². The lowest BCUT2D eigenvalue weighted by Gasteiger charge is -2.26. The number of halogens is 1. The first-order valence-corrected chi connectivity index (χ1v) is 6.96. The molecule has 4 nitrogen and oxygen atoms in total. The highest BCUT2D eigenvalue weighted by Crippen LogP contribution is 2.24. The molecular formula is C11H15FN2O2S. The molecule has 3 N–H and O–H groups in total. The third kappa shape index (κ3) is 2.42. The molecular weight excluding hydrogens is 243 g/mol. The molecule has 0 radical (unpaired) electrons. The van der Waals surface area contributed by atoms with E-state index in [2.05, 4.69) is 4.72 Å². The topological polar surface area (TPSA) is 72.2 Å². The number of nitrogens with one attached hydrogen (secondary N) is 1. The number of rotatable bonds is 3. The summed E-state index contributed by atoms with van der Waals surface area (Å²) >= 11 is 0. The van der Waals surface area contributed by atoms with Gasteiger partial charge < -0.3 is 5.73 Å². The van der Waals surface area contributed by atoms with Crippen molar-refractivity contribution in [1.82, 2.24) is 4.72 Å². The van der Waals surface area contributed by atoms with Crippen molar-refractivity contribution < 1.29 is 12.8 Å². The molecule has 0 unspecified atom stereocenters. The Balaban J connectivity index is 2.32. The van der Waals surface area contributed by atoms with E-state index < -0.39 is 15.8 Å². The highest BCUT2D eigenvalue weighted by Gasteiger charge is 2.25. The van der Waals surface area contributed by atoms with Gasteiger partial charge in [0.1, 0.15) is 5.82 Å². The van der Waals surface area contributed by atoms with Crippen LogP contribution in [0.15, 0.2) is 17.0 Å². The summed E-state index contributed by atoms with van der Waals surface area (Å²) in [7, 11) is -3.65. The van der Waals surface area contributed by atoms with Crippen molar-refractivity contribution in [1.29, 1.82) is 0 Å². The highest BCUT2D eigenvalue weighted by molar-refractivity contribution is 7.89. The average Bonchev–Trinajstić information content (AvgIpc) is 2.19. The van der Waals surface area contributed by atoms with Gasteiger partial charge in [-0.05, 0) is 31.9 Å². The zero-order valence-corrected chi connectivity index (χ0v) is 10.3. The van der Waals surface area contributed by atoms with Crippen LogP contribution in [-0.2, 0) is 10.0 Å². The monoisotopic (exact) mass is 258 g/mol. The fourth-order valence-corrected chi connectivity index (χ4v) is 2.99. The average molecular weight is 258 g/mol. The summed E-state index contributed by atoms with van der Waals surface area (Å²) in [5.41, 5.74) is 5.99. The largest absolute Gasteiger partial charge is 0.398 e. The van der Waals surface area contributed by atoms with Crippen molar-refractivity contribution in [2.24, 2.45) is 0 Å². The number of hydrogen-bond acceptors (Lipinski definition) is 3. The van der Waals surface area contributed by atoms with Gasteiger partial charge in [0, 0.05) is 17.3 Å². The van der Waals surface area contributed by atoms with Gasteiger partial charge >= 0.3 is 0 Å². The molecule has 1 aromatic carbocycles. The van der Waals surface area contributed by atoms with Crippen molar-refractivity contribution in [3.63, 3.8) is 0 Å². The summed E-state index contributed by atoms with van der Waals surface area (Å²) in [6, 6.07) is 2.28. The van der Waals surface area contributed by atoms with E-state index in [0.29, 0.717) is 0 Å². The van der Waals surface area contributed by atoms with Gasteiger partial charge in [0.25, 0.3) is 0 Å². The van der Waals surface area contributed by atoms with Gasteiger partial charge in [-0.15, -0.1) is 0 Å². The van der Waals surface area contributed by atoms with Crippen LogP contribution in [-0.4, -0.2) is 14.5 Å². The molecule has 1 aliphatic carbocycles.